The fourth-order valence-corrected chi connectivity index (χ4v) is 3.28. The molecule has 0 unspecified atom stereocenters. The van der Waals surface area contributed by atoms with Gasteiger partial charge in [-0.25, -0.2) is 0 Å². The molecular formula is C26H31NO. The van der Waals surface area contributed by atoms with Gasteiger partial charge in [0.15, 0.2) is 0 Å². The summed E-state index contributed by atoms with van der Waals surface area (Å²) in [5, 5.41) is 0. The molecule has 0 atom stereocenters. The molecule has 146 valence electrons. The predicted octanol–water partition coefficient (Wildman–Crippen LogP) is 7.46. The second-order valence-electron chi connectivity index (χ2n) is 7.44. The molecule has 3 aromatic rings. The van der Waals surface area contributed by atoms with Crippen LogP contribution in [-0.2, 0) is 0 Å². The van der Waals surface area contributed by atoms with Gasteiger partial charge in [-0.15, -0.1) is 0 Å². The lowest BCUT2D eigenvalue weighted by Crippen LogP contribution is -1.97. The lowest BCUT2D eigenvalue weighted by molar-refractivity contribution is 0.304. The Morgan fingerprint density at radius 3 is 2.00 bits per heavy atom. The van der Waals surface area contributed by atoms with Crippen molar-refractivity contribution in [1.82, 2.24) is 4.98 Å². The van der Waals surface area contributed by atoms with Crippen molar-refractivity contribution in [2.24, 2.45) is 0 Å². The molecular weight excluding hydrogens is 342 g/mol. The summed E-state index contributed by atoms with van der Waals surface area (Å²) in [4.78, 5) is 4.65. The zero-order chi connectivity index (χ0) is 19.6. The highest BCUT2D eigenvalue weighted by molar-refractivity contribution is 5.67. The van der Waals surface area contributed by atoms with Crippen molar-refractivity contribution >= 4 is 0 Å². The Labute approximate surface area is 169 Å². The Hall–Kier alpha value is -2.61. The van der Waals surface area contributed by atoms with Crippen LogP contribution < -0.4 is 4.74 Å². The van der Waals surface area contributed by atoms with Crippen molar-refractivity contribution in [2.75, 3.05) is 6.61 Å². The molecule has 0 radical (unpaired) electrons. The maximum absolute atomic E-state index is 5.87. The zero-order valence-electron chi connectivity index (χ0n) is 17.2. The topological polar surface area (TPSA) is 22.1 Å². The van der Waals surface area contributed by atoms with Gasteiger partial charge in [0.05, 0.1) is 12.3 Å². The zero-order valence-corrected chi connectivity index (χ0v) is 17.2. The number of hydrogen-bond acceptors (Lipinski definition) is 2. The van der Waals surface area contributed by atoms with Gasteiger partial charge in [0.2, 0.25) is 0 Å². The quantitative estimate of drug-likeness (QED) is 0.344. The van der Waals surface area contributed by atoms with E-state index in [2.05, 4.69) is 67.4 Å². The molecule has 0 fully saturated rings. The third kappa shape index (κ3) is 5.95. The monoisotopic (exact) mass is 373 g/mol. The highest BCUT2D eigenvalue weighted by Crippen LogP contribution is 2.24. The van der Waals surface area contributed by atoms with Crippen LogP contribution in [0.25, 0.3) is 22.4 Å². The van der Waals surface area contributed by atoms with Crippen LogP contribution >= 0.6 is 0 Å². The molecule has 0 bridgehead atoms. The van der Waals surface area contributed by atoms with Gasteiger partial charge < -0.3 is 4.74 Å². The second kappa shape index (κ2) is 10.7. The van der Waals surface area contributed by atoms with Crippen molar-refractivity contribution in [3.63, 3.8) is 0 Å². The molecule has 0 aliphatic carbocycles. The summed E-state index contributed by atoms with van der Waals surface area (Å²) in [5.41, 5.74) is 5.71. The molecule has 1 heterocycles. The maximum Gasteiger partial charge on any atom is 0.119 e. The van der Waals surface area contributed by atoms with Crippen LogP contribution in [0.15, 0.2) is 66.9 Å². The van der Waals surface area contributed by atoms with Crippen molar-refractivity contribution < 1.29 is 4.74 Å². The smallest absolute Gasteiger partial charge is 0.119 e. The third-order valence-electron chi connectivity index (χ3n) is 5.07. The van der Waals surface area contributed by atoms with Gasteiger partial charge in [0.1, 0.15) is 5.75 Å². The predicted molar refractivity (Wildman–Crippen MR) is 119 cm³/mol. The van der Waals surface area contributed by atoms with E-state index in [-0.39, 0.29) is 0 Å². The maximum atomic E-state index is 5.87. The summed E-state index contributed by atoms with van der Waals surface area (Å²) in [7, 11) is 0. The number of hydrogen-bond donors (Lipinski definition) is 0. The van der Waals surface area contributed by atoms with Crippen LogP contribution in [0, 0.1) is 6.92 Å². The first kappa shape index (κ1) is 20.1. The van der Waals surface area contributed by atoms with Crippen LogP contribution in [0.2, 0.25) is 0 Å². The van der Waals surface area contributed by atoms with Gasteiger partial charge in [-0.1, -0.05) is 74.9 Å². The molecule has 2 heteroatoms. The summed E-state index contributed by atoms with van der Waals surface area (Å²) < 4.78 is 5.87. The number of benzene rings is 2. The van der Waals surface area contributed by atoms with Crippen molar-refractivity contribution in [1.29, 1.82) is 0 Å². The van der Waals surface area contributed by atoms with E-state index in [4.69, 9.17) is 4.74 Å². The van der Waals surface area contributed by atoms with Crippen LogP contribution in [0.4, 0.5) is 0 Å². The van der Waals surface area contributed by atoms with Gasteiger partial charge in [-0.2, -0.15) is 0 Å². The fraction of sp³-hybridized carbons (Fsp3) is 0.346. The average Bonchev–Trinajstić information content (AvgIpc) is 2.74. The van der Waals surface area contributed by atoms with E-state index in [9.17, 15) is 0 Å². The molecule has 0 saturated heterocycles. The minimum absolute atomic E-state index is 0.801. The van der Waals surface area contributed by atoms with Gasteiger partial charge in [0.25, 0.3) is 0 Å². The first-order valence-electron chi connectivity index (χ1n) is 10.5. The Bertz CT molecular complexity index is 820. The molecule has 1 aromatic heterocycles. The van der Waals surface area contributed by atoms with Gasteiger partial charge in [0, 0.05) is 17.3 Å². The summed E-state index contributed by atoms with van der Waals surface area (Å²) >= 11 is 0. The highest BCUT2D eigenvalue weighted by atomic mass is 16.5. The van der Waals surface area contributed by atoms with E-state index in [1.165, 1.54) is 43.2 Å². The SMILES string of the molecule is CCCCCCCCOc1ccc(-c2ccc(-c3ccc(C)cc3)cn2)cc1. The summed E-state index contributed by atoms with van der Waals surface area (Å²) in [5.74, 6) is 0.939. The number of ether oxygens (including phenoxy) is 1. The average molecular weight is 374 g/mol. The Balaban J connectivity index is 1.51. The van der Waals surface area contributed by atoms with Gasteiger partial charge in [-0.05, 0) is 49.2 Å². The Morgan fingerprint density at radius 2 is 1.32 bits per heavy atom. The number of aryl methyl sites for hydroxylation is 1. The number of pyridine rings is 1. The largest absolute Gasteiger partial charge is 0.494 e. The van der Waals surface area contributed by atoms with Crippen molar-refractivity contribution in [3.8, 4) is 28.1 Å². The second-order valence-corrected chi connectivity index (χ2v) is 7.44. The molecule has 0 aliphatic rings. The van der Waals surface area contributed by atoms with E-state index < -0.39 is 0 Å². The number of aromatic nitrogens is 1. The van der Waals surface area contributed by atoms with E-state index in [0.717, 1.165) is 35.6 Å². The fourth-order valence-electron chi connectivity index (χ4n) is 3.28. The van der Waals surface area contributed by atoms with E-state index in [1.54, 1.807) is 0 Å². The first-order chi connectivity index (χ1) is 13.8. The summed E-state index contributed by atoms with van der Waals surface area (Å²) in [6.45, 7) is 5.15. The molecule has 3 rings (SSSR count). The standard InChI is InChI=1S/C26H31NO/c1-3-4-5-6-7-8-19-28-25-16-13-23(14-17-25)26-18-15-24(20-27-26)22-11-9-21(2)10-12-22/h9-18,20H,3-8,19H2,1-2H3. The Kier molecular flexibility index (Phi) is 7.66. The van der Waals surface area contributed by atoms with Gasteiger partial charge >= 0.3 is 0 Å². The summed E-state index contributed by atoms with van der Waals surface area (Å²) in [6, 6.07) is 21.0. The lowest BCUT2D eigenvalue weighted by atomic mass is 10.0. The van der Waals surface area contributed by atoms with Gasteiger partial charge in [-0.3, -0.25) is 4.98 Å². The molecule has 2 aromatic carbocycles. The van der Waals surface area contributed by atoms with Crippen LogP contribution in [-0.4, -0.2) is 11.6 Å². The van der Waals surface area contributed by atoms with Crippen molar-refractivity contribution in [2.45, 2.75) is 52.4 Å². The molecule has 0 spiro atoms. The lowest BCUT2D eigenvalue weighted by Gasteiger charge is -2.08. The highest BCUT2D eigenvalue weighted by Gasteiger charge is 2.03. The minimum atomic E-state index is 0.801. The van der Waals surface area contributed by atoms with Crippen LogP contribution in [0.3, 0.4) is 0 Å². The molecule has 0 amide bonds. The van der Waals surface area contributed by atoms with Crippen molar-refractivity contribution in [3.05, 3.63) is 72.4 Å². The van der Waals surface area contributed by atoms with E-state index in [0.29, 0.717) is 0 Å². The number of unbranched alkanes of at least 4 members (excludes halogenated alkanes) is 5. The molecule has 0 N–H and O–H groups in total. The number of nitrogens with zero attached hydrogens (tertiary/aromatic N) is 1. The molecule has 28 heavy (non-hydrogen) atoms. The minimum Gasteiger partial charge on any atom is -0.494 e. The first-order valence-corrected chi connectivity index (χ1v) is 10.5. The third-order valence-corrected chi connectivity index (χ3v) is 5.07. The molecule has 0 saturated carbocycles. The van der Waals surface area contributed by atoms with E-state index >= 15 is 0 Å². The summed E-state index contributed by atoms with van der Waals surface area (Å²) in [6.07, 6.45) is 9.65. The Morgan fingerprint density at radius 1 is 0.679 bits per heavy atom. The molecule has 0 aliphatic heterocycles. The van der Waals surface area contributed by atoms with Crippen LogP contribution in [0.5, 0.6) is 5.75 Å². The van der Waals surface area contributed by atoms with E-state index in [1.807, 2.05) is 18.3 Å². The molecule has 2 nitrogen and oxygen atoms in total. The van der Waals surface area contributed by atoms with Crippen LogP contribution in [0.1, 0.15) is 51.0 Å². The normalized spacial score (nSPS) is 10.8. The number of rotatable bonds is 10.